The predicted molar refractivity (Wildman–Crippen MR) is 91.0 cm³/mol. The molecule has 0 aliphatic rings. The van der Waals surface area contributed by atoms with E-state index in [2.05, 4.69) is 44.6 Å². The fraction of sp³-hybridized carbons (Fsp3) is 0.0667. The van der Waals surface area contributed by atoms with Crippen LogP contribution in [0.4, 0.5) is 0 Å². The predicted octanol–water partition coefficient (Wildman–Crippen LogP) is 5.20. The van der Waals surface area contributed by atoms with Crippen molar-refractivity contribution in [2.45, 2.75) is 5.92 Å². The summed E-state index contributed by atoms with van der Waals surface area (Å²) in [5.74, 6) is -1.14. The van der Waals surface area contributed by atoms with E-state index in [-0.39, 0.29) is 5.78 Å². The molecule has 2 aromatic carbocycles. The van der Waals surface area contributed by atoms with Crippen LogP contribution >= 0.6 is 50.1 Å². The Morgan fingerprint density at radius 2 is 2.00 bits per heavy atom. The molecule has 0 spiro atoms. The lowest BCUT2D eigenvalue weighted by Gasteiger charge is -2.12. The number of hydrogen-bond acceptors (Lipinski definition) is 2. The van der Waals surface area contributed by atoms with E-state index in [0.29, 0.717) is 16.1 Å². The third-order valence-electron chi connectivity index (χ3n) is 2.80. The standard InChI is InChI=1S/C15H8BrClINO/c16-9-5-6-14(18)11(7-9)15(20)12(8-19)10-3-1-2-4-13(10)17/h1-7,12H. The lowest BCUT2D eigenvalue weighted by Crippen LogP contribution is -2.13. The third kappa shape index (κ3) is 3.22. The van der Waals surface area contributed by atoms with Gasteiger partial charge in [-0.05, 0) is 52.4 Å². The summed E-state index contributed by atoms with van der Waals surface area (Å²) in [4.78, 5) is 12.6. The van der Waals surface area contributed by atoms with Crippen molar-refractivity contribution >= 4 is 55.9 Å². The normalized spacial score (nSPS) is 11.7. The van der Waals surface area contributed by atoms with E-state index in [1.165, 1.54) is 0 Å². The molecule has 0 saturated carbocycles. The van der Waals surface area contributed by atoms with Crippen LogP contribution in [0.3, 0.4) is 0 Å². The van der Waals surface area contributed by atoms with E-state index in [1.54, 1.807) is 30.3 Å². The highest BCUT2D eigenvalue weighted by Gasteiger charge is 2.25. The Hall–Kier alpha value is -0.900. The topological polar surface area (TPSA) is 40.9 Å². The van der Waals surface area contributed by atoms with Gasteiger partial charge in [-0.3, -0.25) is 4.79 Å². The zero-order valence-electron chi connectivity index (χ0n) is 10.1. The van der Waals surface area contributed by atoms with E-state index >= 15 is 0 Å². The molecule has 0 aliphatic heterocycles. The average Bonchev–Trinajstić information content (AvgIpc) is 2.44. The van der Waals surface area contributed by atoms with Crippen molar-refractivity contribution in [1.29, 1.82) is 5.26 Å². The smallest absolute Gasteiger partial charge is 0.185 e. The van der Waals surface area contributed by atoms with Crippen LogP contribution in [0.25, 0.3) is 0 Å². The van der Waals surface area contributed by atoms with Gasteiger partial charge in [-0.25, -0.2) is 0 Å². The number of hydrogen-bond donors (Lipinski definition) is 0. The Morgan fingerprint density at radius 1 is 1.30 bits per heavy atom. The molecule has 0 heterocycles. The molecule has 2 aromatic rings. The van der Waals surface area contributed by atoms with Crippen LogP contribution in [0.15, 0.2) is 46.9 Å². The number of carbonyl (C=O) groups is 1. The molecule has 0 fully saturated rings. The minimum absolute atomic E-state index is 0.244. The van der Waals surface area contributed by atoms with Crippen LogP contribution in [0, 0.1) is 14.9 Å². The van der Waals surface area contributed by atoms with Crippen LogP contribution in [0.2, 0.25) is 5.02 Å². The summed E-state index contributed by atoms with van der Waals surface area (Å²) < 4.78 is 1.61. The summed E-state index contributed by atoms with van der Waals surface area (Å²) in [6, 6.07) is 14.4. The largest absolute Gasteiger partial charge is 0.292 e. The molecule has 0 aromatic heterocycles. The number of nitrogens with zero attached hydrogens (tertiary/aromatic N) is 1. The molecule has 1 unspecified atom stereocenters. The van der Waals surface area contributed by atoms with Crippen LogP contribution in [0.1, 0.15) is 21.8 Å². The van der Waals surface area contributed by atoms with Crippen molar-refractivity contribution in [3.05, 3.63) is 66.7 Å². The lowest BCUT2D eigenvalue weighted by molar-refractivity contribution is 0.0978. The fourth-order valence-electron chi connectivity index (χ4n) is 1.82. The van der Waals surface area contributed by atoms with Gasteiger partial charge in [-0.2, -0.15) is 5.26 Å². The van der Waals surface area contributed by atoms with Crippen molar-refractivity contribution in [1.82, 2.24) is 0 Å². The van der Waals surface area contributed by atoms with Crippen molar-refractivity contribution in [2.24, 2.45) is 0 Å². The molecule has 2 nitrogen and oxygen atoms in total. The maximum atomic E-state index is 12.6. The van der Waals surface area contributed by atoms with Gasteiger partial charge in [-0.1, -0.05) is 45.7 Å². The lowest BCUT2D eigenvalue weighted by atomic mass is 9.92. The first kappa shape index (κ1) is 15.5. The summed E-state index contributed by atoms with van der Waals surface area (Å²) in [5.41, 5.74) is 1.06. The summed E-state index contributed by atoms with van der Waals surface area (Å²) >= 11 is 11.5. The molecule has 0 saturated heterocycles. The van der Waals surface area contributed by atoms with Gasteiger partial charge in [0, 0.05) is 18.6 Å². The minimum Gasteiger partial charge on any atom is -0.292 e. The Kier molecular flexibility index (Phi) is 5.19. The van der Waals surface area contributed by atoms with E-state index in [4.69, 9.17) is 11.6 Å². The Morgan fingerprint density at radius 3 is 2.65 bits per heavy atom. The SMILES string of the molecule is N#CC(C(=O)c1cc(Br)ccc1I)c1ccccc1Cl. The van der Waals surface area contributed by atoms with Gasteiger partial charge in [0.1, 0.15) is 5.92 Å². The summed E-state index contributed by atoms with van der Waals surface area (Å²) in [7, 11) is 0. The van der Waals surface area contributed by atoms with Gasteiger partial charge in [0.25, 0.3) is 0 Å². The van der Waals surface area contributed by atoms with Gasteiger partial charge >= 0.3 is 0 Å². The van der Waals surface area contributed by atoms with Gasteiger partial charge in [0.2, 0.25) is 0 Å². The minimum atomic E-state index is -0.897. The maximum Gasteiger partial charge on any atom is 0.185 e. The van der Waals surface area contributed by atoms with Crippen molar-refractivity contribution in [3.63, 3.8) is 0 Å². The number of benzene rings is 2. The van der Waals surface area contributed by atoms with Crippen LogP contribution < -0.4 is 0 Å². The quantitative estimate of drug-likeness (QED) is 0.467. The van der Waals surface area contributed by atoms with Crippen LogP contribution in [-0.4, -0.2) is 5.78 Å². The monoisotopic (exact) mass is 459 g/mol. The summed E-state index contributed by atoms with van der Waals surface area (Å²) in [6.07, 6.45) is 0. The van der Waals surface area contributed by atoms with Crippen LogP contribution in [0.5, 0.6) is 0 Å². The van der Waals surface area contributed by atoms with Crippen molar-refractivity contribution in [3.8, 4) is 6.07 Å². The van der Waals surface area contributed by atoms with E-state index < -0.39 is 5.92 Å². The zero-order valence-corrected chi connectivity index (χ0v) is 14.6. The van der Waals surface area contributed by atoms with Gasteiger partial charge in [0.15, 0.2) is 5.78 Å². The number of carbonyl (C=O) groups excluding carboxylic acids is 1. The number of Topliss-reactive ketones (excluding diaryl/α,β-unsaturated/α-hetero) is 1. The average molecular weight is 460 g/mol. The number of ketones is 1. The first-order valence-corrected chi connectivity index (χ1v) is 7.93. The molecule has 0 N–H and O–H groups in total. The molecule has 0 bridgehead atoms. The highest BCUT2D eigenvalue weighted by atomic mass is 127. The number of nitriles is 1. The Labute approximate surface area is 144 Å². The first-order valence-electron chi connectivity index (χ1n) is 5.68. The molecule has 1 atom stereocenters. The number of rotatable bonds is 3. The molecular weight excluding hydrogens is 452 g/mol. The van der Waals surface area contributed by atoms with E-state index in [1.807, 2.05) is 12.1 Å². The Balaban J connectivity index is 2.48. The second-order valence-electron chi connectivity index (χ2n) is 4.07. The molecule has 0 amide bonds. The van der Waals surface area contributed by atoms with Gasteiger partial charge < -0.3 is 0 Å². The van der Waals surface area contributed by atoms with Gasteiger partial charge in [0.05, 0.1) is 6.07 Å². The van der Waals surface area contributed by atoms with E-state index in [0.717, 1.165) is 8.04 Å². The van der Waals surface area contributed by atoms with Crippen molar-refractivity contribution in [2.75, 3.05) is 0 Å². The Bertz CT molecular complexity index is 711. The zero-order chi connectivity index (χ0) is 14.7. The second kappa shape index (κ2) is 6.70. The highest BCUT2D eigenvalue weighted by molar-refractivity contribution is 14.1. The first-order chi connectivity index (χ1) is 9.54. The summed E-state index contributed by atoms with van der Waals surface area (Å²) in [5, 5.41) is 9.78. The van der Waals surface area contributed by atoms with Crippen LogP contribution in [-0.2, 0) is 0 Å². The van der Waals surface area contributed by atoms with Gasteiger partial charge in [-0.15, -0.1) is 0 Å². The molecule has 2 rings (SSSR count). The second-order valence-corrected chi connectivity index (χ2v) is 6.56. The molecule has 0 radical (unpaired) electrons. The fourth-order valence-corrected chi connectivity index (χ4v) is 3.03. The highest BCUT2D eigenvalue weighted by Crippen LogP contribution is 2.29. The molecule has 5 heteroatoms. The van der Waals surface area contributed by atoms with Crippen molar-refractivity contribution < 1.29 is 4.79 Å². The summed E-state index contributed by atoms with van der Waals surface area (Å²) in [6.45, 7) is 0. The molecule has 20 heavy (non-hydrogen) atoms. The maximum absolute atomic E-state index is 12.6. The number of halogens is 3. The van der Waals surface area contributed by atoms with E-state index in [9.17, 15) is 10.1 Å². The molecule has 0 aliphatic carbocycles. The molecular formula is C15H8BrClINO. The third-order valence-corrected chi connectivity index (χ3v) is 4.58. The molecule has 100 valence electrons.